The Morgan fingerprint density at radius 1 is 1.64 bits per heavy atom. The zero-order chi connectivity index (χ0) is 7.40. The van der Waals surface area contributed by atoms with Crippen LogP contribution in [0.4, 0.5) is 0 Å². The van der Waals surface area contributed by atoms with Crippen LogP contribution in [0.2, 0.25) is 0 Å². The van der Waals surface area contributed by atoms with E-state index >= 15 is 0 Å². The van der Waals surface area contributed by atoms with Gasteiger partial charge in [-0.25, -0.2) is 0 Å². The molecule has 0 saturated carbocycles. The molecule has 1 heterocycles. The first kappa shape index (κ1) is 10.9. The summed E-state index contributed by atoms with van der Waals surface area (Å²) < 4.78 is 0. The van der Waals surface area contributed by atoms with Crippen molar-refractivity contribution in [3.63, 3.8) is 0 Å². The van der Waals surface area contributed by atoms with Gasteiger partial charge in [0, 0.05) is 18.0 Å². The standard InChI is InChI=1S/C7H8N2S.HI/c1-10-7(8)6-3-2-4-9-5-6;/h2-5,8H,1H3;1H. The maximum Gasteiger partial charge on any atom is 0.0955 e. The lowest BCUT2D eigenvalue weighted by Crippen LogP contribution is -1.91. The quantitative estimate of drug-likeness (QED) is 0.487. The fraction of sp³-hybridized carbons (Fsp3) is 0.143. The van der Waals surface area contributed by atoms with Gasteiger partial charge in [0.25, 0.3) is 0 Å². The number of rotatable bonds is 1. The van der Waals surface area contributed by atoms with Crippen LogP contribution in [0.3, 0.4) is 0 Å². The number of aromatic nitrogens is 1. The van der Waals surface area contributed by atoms with Crippen LogP contribution in [0.5, 0.6) is 0 Å². The minimum atomic E-state index is 0. The van der Waals surface area contributed by atoms with E-state index in [1.165, 1.54) is 11.8 Å². The Morgan fingerprint density at radius 3 is 2.82 bits per heavy atom. The van der Waals surface area contributed by atoms with Crippen molar-refractivity contribution in [3.8, 4) is 0 Å². The molecule has 0 spiro atoms. The number of nitrogens with zero attached hydrogens (tertiary/aromatic N) is 1. The van der Waals surface area contributed by atoms with Crippen LogP contribution in [0.1, 0.15) is 5.56 Å². The van der Waals surface area contributed by atoms with Crippen molar-refractivity contribution in [2.45, 2.75) is 0 Å². The van der Waals surface area contributed by atoms with Crippen molar-refractivity contribution in [1.82, 2.24) is 4.98 Å². The molecule has 0 aliphatic carbocycles. The summed E-state index contributed by atoms with van der Waals surface area (Å²) >= 11 is 1.42. The molecule has 1 N–H and O–H groups in total. The van der Waals surface area contributed by atoms with Gasteiger partial charge in [0.15, 0.2) is 0 Å². The predicted molar refractivity (Wildman–Crippen MR) is 60.0 cm³/mol. The molecule has 0 saturated heterocycles. The highest BCUT2D eigenvalue weighted by Gasteiger charge is 1.95. The summed E-state index contributed by atoms with van der Waals surface area (Å²) in [6, 6.07) is 3.71. The van der Waals surface area contributed by atoms with E-state index in [0.29, 0.717) is 5.04 Å². The minimum Gasteiger partial charge on any atom is -0.293 e. The molecule has 0 amide bonds. The summed E-state index contributed by atoms with van der Waals surface area (Å²) in [5, 5.41) is 7.96. The van der Waals surface area contributed by atoms with E-state index in [-0.39, 0.29) is 24.0 Å². The van der Waals surface area contributed by atoms with E-state index in [4.69, 9.17) is 5.41 Å². The van der Waals surface area contributed by atoms with Crippen molar-refractivity contribution in [2.24, 2.45) is 0 Å². The van der Waals surface area contributed by atoms with Crippen LogP contribution in [-0.2, 0) is 0 Å². The number of pyridine rings is 1. The normalized spacial score (nSPS) is 8.45. The number of thioether (sulfide) groups is 1. The van der Waals surface area contributed by atoms with Gasteiger partial charge < -0.3 is 0 Å². The van der Waals surface area contributed by atoms with Crippen LogP contribution in [0.25, 0.3) is 0 Å². The molecule has 2 nitrogen and oxygen atoms in total. The van der Waals surface area contributed by atoms with Crippen LogP contribution in [0, 0.1) is 5.41 Å². The maximum absolute atomic E-state index is 7.40. The zero-order valence-electron chi connectivity index (χ0n) is 6.07. The molecule has 1 aromatic rings. The van der Waals surface area contributed by atoms with E-state index in [0.717, 1.165) is 5.56 Å². The Hall–Kier alpha value is -0.100. The lowest BCUT2D eigenvalue weighted by molar-refractivity contribution is 1.31. The second kappa shape index (κ2) is 5.54. The number of halogens is 1. The highest BCUT2D eigenvalue weighted by molar-refractivity contribution is 14.0. The molecule has 60 valence electrons. The highest BCUT2D eigenvalue weighted by Crippen LogP contribution is 2.05. The second-order valence-electron chi connectivity index (χ2n) is 1.77. The summed E-state index contributed by atoms with van der Waals surface area (Å²) in [5.41, 5.74) is 0.884. The Balaban J connectivity index is 0.000001000. The van der Waals surface area contributed by atoms with Crippen molar-refractivity contribution < 1.29 is 0 Å². The third-order valence-corrected chi connectivity index (χ3v) is 1.77. The third kappa shape index (κ3) is 3.20. The van der Waals surface area contributed by atoms with Gasteiger partial charge in [0.2, 0.25) is 0 Å². The highest BCUT2D eigenvalue weighted by atomic mass is 127. The van der Waals surface area contributed by atoms with E-state index < -0.39 is 0 Å². The third-order valence-electron chi connectivity index (χ3n) is 1.13. The molecule has 1 rings (SSSR count). The number of hydrogen-bond donors (Lipinski definition) is 1. The maximum atomic E-state index is 7.40. The second-order valence-corrected chi connectivity index (χ2v) is 2.59. The summed E-state index contributed by atoms with van der Waals surface area (Å²) in [7, 11) is 0. The first-order valence-electron chi connectivity index (χ1n) is 2.87. The van der Waals surface area contributed by atoms with Gasteiger partial charge in [0.1, 0.15) is 0 Å². The number of nitrogens with one attached hydrogen (secondary N) is 1. The first-order valence-corrected chi connectivity index (χ1v) is 4.10. The zero-order valence-corrected chi connectivity index (χ0v) is 9.22. The van der Waals surface area contributed by atoms with Crippen LogP contribution < -0.4 is 0 Å². The molecule has 0 unspecified atom stereocenters. The van der Waals surface area contributed by atoms with E-state index in [9.17, 15) is 0 Å². The van der Waals surface area contributed by atoms with Gasteiger partial charge in [-0.3, -0.25) is 10.4 Å². The SMILES string of the molecule is CSC(=N)c1cccnc1.I. The van der Waals surface area contributed by atoms with Gasteiger partial charge in [-0.15, -0.1) is 35.7 Å². The van der Waals surface area contributed by atoms with Crippen molar-refractivity contribution in [2.75, 3.05) is 6.26 Å². The van der Waals surface area contributed by atoms with Crippen LogP contribution >= 0.6 is 35.7 Å². The molecule has 0 atom stereocenters. The van der Waals surface area contributed by atoms with E-state index in [1.54, 1.807) is 12.4 Å². The lowest BCUT2D eigenvalue weighted by atomic mass is 10.3. The predicted octanol–water partition coefficient (Wildman–Crippen LogP) is 2.39. The Morgan fingerprint density at radius 2 is 2.36 bits per heavy atom. The smallest absolute Gasteiger partial charge is 0.0955 e. The van der Waals surface area contributed by atoms with Gasteiger partial charge in [0.05, 0.1) is 5.04 Å². The molecular weight excluding hydrogens is 271 g/mol. The molecule has 0 fully saturated rings. The van der Waals surface area contributed by atoms with Gasteiger partial charge in [-0.2, -0.15) is 0 Å². The molecule has 0 aromatic carbocycles. The van der Waals surface area contributed by atoms with E-state index in [2.05, 4.69) is 4.98 Å². The average molecular weight is 280 g/mol. The molecule has 0 bridgehead atoms. The van der Waals surface area contributed by atoms with Crippen molar-refractivity contribution >= 4 is 40.8 Å². The minimum absolute atomic E-state index is 0. The topological polar surface area (TPSA) is 36.7 Å². The fourth-order valence-electron chi connectivity index (χ4n) is 0.615. The van der Waals surface area contributed by atoms with Gasteiger partial charge in [-0.05, 0) is 18.4 Å². The van der Waals surface area contributed by atoms with Crippen LogP contribution in [-0.4, -0.2) is 16.3 Å². The molecular formula is C7H9IN2S. The molecule has 11 heavy (non-hydrogen) atoms. The Labute approximate surface area is 87.3 Å². The summed E-state index contributed by atoms with van der Waals surface area (Å²) in [6.07, 6.45) is 5.28. The lowest BCUT2D eigenvalue weighted by Gasteiger charge is -1.96. The molecule has 0 radical (unpaired) electrons. The summed E-state index contributed by atoms with van der Waals surface area (Å²) in [4.78, 5) is 3.90. The van der Waals surface area contributed by atoms with Gasteiger partial charge >= 0.3 is 0 Å². The van der Waals surface area contributed by atoms with Crippen LogP contribution in [0.15, 0.2) is 24.5 Å². The largest absolute Gasteiger partial charge is 0.293 e. The average Bonchev–Trinajstić information content (AvgIpc) is 2.05. The van der Waals surface area contributed by atoms with Crippen molar-refractivity contribution in [1.29, 1.82) is 5.41 Å². The van der Waals surface area contributed by atoms with E-state index in [1.807, 2.05) is 18.4 Å². The molecule has 0 aliphatic rings. The number of hydrogen-bond acceptors (Lipinski definition) is 3. The first-order chi connectivity index (χ1) is 4.84. The fourth-order valence-corrected chi connectivity index (χ4v) is 0.971. The Bertz CT molecular complexity index is 225. The van der Waals surface area contributed by atoms with Gasteiger partial charge in [-0.1, -0.05) is 0 Å². The molecule has 4 heteroatoms. The molecule has 1 aromatic heterocycles. The monoisotopic (exact) mass is 280 g/mol. The Kier molecular flexibility index (Phi) is 5.49. The molecule has 0 aliphatic heterocycles. The van der Waals surface area contributed by atoms with Crippen molar-refractivity contribution in [3.05, 3.63) is 30.1 Å². The summed E-state index contributed by atoms with van der Waals surface area (Å²) in [5.74, 6) is 0. The summed E-state index contributed by atoms with van der Waals surface area (Å²) in [6.45, 7) is 0.